The van der Waals surface area contributed by atoms with Crippen molar-refractivity contribution in [2.45, 2.75) is 44.2 Å². The monoisotopic (exact) mass is 260 g/mol. The number of hydrogen-bond acceptors (Lipinski definition) is 7. The number of rotatable bonds is 9. The molecule has 0 fully saturated rings. The quantitative estimate of drug-likeness (QED) is 0.226. The minimum absolute atomic E-state index is 0.394. The molecular formula is C11H24N4O3. The third-order valence-corrected chi connectivity index (χ3v) is 2.50. The molecule has 0 aliphatic rings. The second kappa shape index (κ2) is 9.95. The molecule has 0 aromatic heterocycles. The molecule has 0 radical (unpaired) electrons. The van der Waals surface area contributed by atoms with Crippen LogP contribution in [0.4, 0.5) is 0 Å². The van der Waals surface area contributed by atoms with Gasteiger partial charge < -0.3 is 27.7 Å². The molecule has 0 spiro atoms. The van der Waals surface area contributed by atoms with Crippen LogP contribution in [0.15, 0.2) is 0 Å². The van der Waals surface area contributed by atoms with E-state index in [1.807, 2.05) is 0 Å². The SMILES string of the molecule is NCCCC[C@H](N)C(=O)OC(=O)[C@H](N)CCCN. The topological polar surface area (TPSA) is 147 Å². The normalized spacial score (nSPS) is 14.0. The first kappa shape index (κ1) is 17.0. The number of esters is 2. The van der Waals surface area contributed by atoms with Gasteiger partial charge in [0.05, 0.1) is 0 Å². The molecule has 0 aromatic carbocycles. The molecule has 0 aliphatic heterocycles. The average Bonchev–Trinajstić information content (AvgIpc) is 2.35. The van der Waals surface area contributed by atoms with Gasteiger partial charge in [-0.15, -0.1) is 0 Å². The maximum Gasteiger partial charge on any atom is 0.330 e. The predicted molar refractivity (Wildman–Crippen MR) is 68.2 cm³/mol. The van der Waals surface area contributed by atoms with Crippen LogP contribution in [0, 0.1) is 0 Å². The van der Waals surface area contributed by atoms with Crippen LogP contribution in [0.1, 0.15) is 32.1 Å². The second-order valence-corrected chi connectivity index (χ2v) is 4.17. The smallest absolute Gasteiger partial charge is 0.330 e. The lowest BCUT2D eigenvalue weighted by Gasteiger charge is -2.13. The number of nitrogens with two attached hydrogens (primary N) is 4. The summed E-state index contributed by atoms with van der Waals surface area (Å²) in [6.45, 7) is 0.984. The second-order valence-electron chi connectivity index (χ2n) is 4.17. The Balaban J connectivity index is 3.94. The largest absolute Gasteiger partial charge is 0.391 e. The van der Waals surface area contributed by atoms with Gasteiger partial charge in [0.1, 0.15) is 12.1 Å². The van der Waals surface area contributed by atoms with Crippen molar-refractivity contribution >= 4 is 11.9 Å². The van der Waals surface area contributed by atoms with Gasteiger partial charge in [0.2, 0.25) is 0 Å². The average molecular weight is 260 g/mol. The molecule has 0 aliphatic carbocycles. The van der Waals surface area contributed by atoms with Crippen molar-refractivity contribution in [3.05, 3.63) is 0 Å². The maximum atomic E-state index is 11.4. The van der Waals surface area contributed by atoms with Gasteiger partial charge in [-0.25, -0.2) is 9.59 Å². The fourth-order valence-corrected chi connectivity index (χ4v) is 1.33. The summed E-state index contributed by atoms with van der Waals surface area (Å²) in [6, 6.07) is -1.63. The van der Waals surface area contributed by atoms with E-state index in [1.54, 1.807) is 0 Å². The Hall–Kier alpha value is -1.02. The van der Waals surface area contributed by atoms with Crippen LogP contribution >= 0.6 is 0 Å². The van der Waals surface area contributed by atoms with Crippen molar-refractivity contribution in [2.75, 3.05) is 13.1 Å². The minimum Gasteiger partial charge on any atom is -0.391 e. The molecule has 0 bridgehead atoms. The highest BCUT2D eigenvalue weighted by Gasteiger charge is 2.22. The van der Waals surface area contributed by atoms with E-state index in [2.05, 4.69) is 4.74 Å². The summed E-state index contributed by atoms with van der Waals surface area (Å²) in [6.07, 6.45) is 2.95. The predicted octanol–water partition coefficient (Wildman–Crippen LogP) is -1.42. The summed E-state index contributed by atoms with van der Waals surface area (Å²) in [4.78, 5) is 22.9. The Morgan fingerprint density at radius 2 is 1.28 bits per heavy atom. The van der Waals surface area contributed by atoms with Crippen molar-refractivity contribution in [1.29, 1.82) is 0 Å². The Labute approximate surface area is 107 Å². The molecule has 18 heavy (non-hydrogen) atoms. The Morgan fingerprint density at radius 3 is 1.72 bits per heavy atom. The fraction of sp³-hybridized carbons (Fsp3) is 0.818. The number of ether oxygens (including phenoxy) is 1. The lowest BCUT2D eigenvalue weighted by atomic mass is 10.1. The molecule has 7 nitrogen and oxygen atoms in total. The van der Waals surface area contributed by atoms with Crippen molar-refractivity contribution in [3.8, 4) is 0 Å². The van der Waals surface area contributed by atoms with E-state index >= 15 is 0 Å². The van der Waals surface area contributed by atoms with Gasteiger partial charge >= 0.3 is 11.9 Å². The van der Waals surface area contributed by atoms with Gasteiger partial charge in [-0.2, -0.15) is 0 Å². The summed E-state index contributed by atoms with van der Waals surface area (Å²) in [5.41, 5.74) is 21.7. The highest BCUT2D eigenvalue weighted by molar-refractivity contribution is 5.90. The summed E-state index contributed by atoms with van der Waals surface area (Å²) in [5, 5.41) is 0. The molecule has 2 atom stereocenters. The van der Waals surface area contributed by atoms with Gasteiger partial charge in [0.15, 0.2) is 0 Å². The molecule has 0 unspecified atom stereocenters. The zero-order valence-corrected chi connectivity index (χ0v) is 10.6. The summed E-state index contributed by atoms with van der Waals surface area (Å²) in [7, 11) is 0. The van der Waals surface area contributed by atoms with Crippen molar-refractivity contribution in [3.63, 3.8) is 0 Å². The van der Waals surface area contributed by atoms with Crippen LogP contribution in [-0.4, -0.2) is 37.1 Å². The Kier molecular flexibility index (Phi) is 9.39. The van der Waals surface area contributed by atoms with Gasteiger partial charge in [-0.1, -0.05) is 6.42 Å². The number of unbranched alkanes of at least 4 members (excludes halogenated alkanes) is 1. The van der Waals surface area contributed by atoms with E-state index in [0.717, 1.165) is 12.8 Å². The van der Waals surface area contributed by atoms with E-state index in [4.69, 9.17) is 22.9 Å². The standard InChI is InChI=1S/C11H24N4O3/c12-6-2-1-4-8(14)10(16)18-11(17)9(15)5-3-7-13/h8-9H,1-7,12-15H2/t8-,9+/m0/s1. The number of carbonyl (C=O) groups is 2. The molecule has 106 valence electrons. The van der Waals surface area contributed by atoms with E-state index in [9.17, 15) is 9.59 Å². The summed E-state index contributed by atoms with van der Waals surface area (Å²) < 4.78 is 4.60. The summed E-state index contributed by atoms with van der Waals surface area (Å²) in [5.74, 6) is -1.48. The first-order valence-electron chi connectivity index (χ1n) is 6.19. The lowest BCUT2D eigenvalue weighted by molar-refractivity contribution is -0.161. The molecule has 0 saturated heterocycles. The maximum absolute atomic E-state index is 11.4. The van der Waals surface area contributed by atoms with E-state index < -0.39 is 24.0 Å². The molecular weight excluding hydrogens is 236 g/mol. The molecule has 0 rings (SSSR count). The molecule has 7 heteroatoms. The van der Waals surface area contributed by atoms with Crippen LogP contribution in [0.25, 0.3) is 0 Å². The van der Waals surface area contributed by atoms with Crippen LogP contribution in [0.3, 0.4) is 0 Å². The first-order valence-corrected chi connectivity index (χ1v) is 6.19. The van der Waals surface area contributed by atoms with Crippen LogP contribution in [0.5, 0.6) is 0 Å². The van der Waals surface area contributed by atoms with Gasteiger partial charge in [-0.3, -0.25) is 0 Å². The van der Waals surface area contributed by atoms with E-state index in [-0.39, 0.29) is 0 Å². The fourth-order valence-electron chi connectivity index (χ4n) is 1.33. The number of carbonyl (C=O) groups excluding carboxylic acids is 2. The van der Waals surface area contributed by atoms with E-state index in [0.29, 0.717) is 32.4 Å². The molecule has 0 heterocycles. The highest BCUT2D eigenvalue weighted by Crippen LogP contribution is 2.02. The lowest BCUT2D eigenvalue weighted by Crippen LogP contribution is -2.39. The van der Waals surface area contributed by atoms with Crippen molar-refractivity contribution in [2.24, 2.45) is 22.9 Å². The van der Waals surface area contributed by atoms with Crippen LogP contribution < -0.4 is 22.9 Å². The van der Waals surface area contributed by atoms with Crippen molar-refractivity contribution in [1.82, 2.24) is 0 Å². The first-order chi connectivity index (χ1) is 8.52. The van der Waals surface area contributed by atoms with Crippen molar-refractivity contribution < 1.29 is 14.3 Å². The minimum atomic E-state index is -0.825. The van der Waals surface area contributed by atoms with Gasteiger partial charge in [-0.05, 0) is 38.8 Å². The van der Waals surface area contributed by atoms with Crippen LogP contribution in [-0.2, 0) is 14.3 Å². The summed E-state index contributed by atoms with van der Waals surface area (Å²) >= 11 is 0. The molecule has 0 saturated carbocycles. The molecule has 0 amide bonds. The van der Waals surface area contributed by atoms with E-state index in [1.165, 1.54) is 0 Å². The Bertz CT molecular complexity index is 261. The molecule has 8 N–H and O–H groups in total. The number of hydrogen-bond donors (Lipinski definition) is 4. The third-order valence-electron chi connectivity index (χ3n) is 2.50. The highest BCUT2D eigenvalue weighted by atomic mass is 16.6. The van der Waals surface area contributed by atoms with Gasteiger partial charge in [0.25, 0.3) is 0 Å². The van der Waals surface area contributed by atoms with Gasteiger partial charge in [0, 0.05) is 0 Å². The zero-order valence-electron chi connectivity index (χ0n) is 10.6. The van der Waals surface area contributed by atoms with Crippen LogP contribution in [0.2, 0.25) is 0 Å². The Morgan fingerprint density at radius 1 is 0.833 bits per heavy atom. The molecule has 0 aromatic rings. The third kappa shape index (κ3) is 7.33. The zero-order chi connectivity index (χ0) is 14.0.